The number of rotatable bonds is 1. The minimum atomic E-state index is 0.0301. The highest BCUT2D eigenvalue weighted by atomic mass is 35.5. The van der Waals surface area contributed by atoms with Crippen LogP contribution in [0.1, 0.15) is 12.8 Å². The summed E-state index contributed by atoms with van der Waals surface area (Å²) in [4.78, 5) is 13.7. The van der Waals surface area contributed by atoms with Crippen LogP contribution >= 0.6 is 11.6 Å². The van der Waals surface area contributed by atoms with Gasteiger partial charge in [0.1, 0.15) is 0 Å². The zero-order valence-corrected chi connectivity index (χ0v) is 8.92. The van der Waals surface area contributed by atoms with E-state index >= 15 is 0 Å². The Balaban J connectivity index is 2.09. The number of carbonyl (C=O) groups is 1. The van der Waals surface area contributed by atoms with Crippen molar-refractivity contribution >= 4 is 28.9 Å². The molecule has 78 valence electrons. The minimum absolute atomic E-state index is 0.0301. The van der Waals surface area contributed by atoms with Crippen molar-refractivity contribution in [2.24, 2.45) is 0 Å². The van der Waals surface area contributed by atoms with E-state index in [-0.39, 0.29) is 5.91 Å². The van der Waals surface area contributed by atoms with Crippen LogP contribution in [0, 0.1) is 0 Å². The normalized spacial score (nSPS) is 19.8. The molecule has 3 nitrogen and oxygen atoms in total. The Kier molecular flexibility index (Phi) is 1.89. The van der Waals surface area contributed by atoms with Gasteiger partial charge in [-0.3, -0.25) is 4.79 Å². The Hall–Kier alpha value is -1.22. The van der Waals surface area contributed by atoms with Gasteiger partial charge in [-0.2, -0.15) is 0 Å². The molecule has 0 aromatic heterocycles. The van der Waals surface area contributed by atoms with E-state index < -0.39 is 0 Å². The number of para-hydroxylation sites is 1. The van der Waals surface area contributed by atoms with E-state index in [1.807, 2.05) is 12.1 Å². The summed E-state index contributed by atoms with van der Waals surface area (Å²) in [6, 6.07) is 6.28. The number of nitrogens with zero attached hydrogens (tertiary/aromatic N) is 1. The number of benzene rings is 1. The molecule has 0 atom stereocenters. The summed E-state index contributed by atoms with van der Waals surface area (Å²) >= 11 is 6.06. The van der Waals surface area contributed by atoms with E-state index in [0.717, 1.165) is 11.4 Å². The second kappa shape index (κ2) is 3.14. The standard InChI is InChI=1S/C11H11ClN2O/c12-8-2-1-3-9-11(8)13-10(15)6-14(9)7-4-5-7/h1-3,7H,4-6H2,(H,13,15). The van der Waals surface area contributed by atoms with Gasteiger partial charge in [0.25, 0.3) is 0 Å². The van der Waals surface area contributed by atoms with Crippen molar-refractivity contribution in [3.8, 4) is 0 Å². The molecule has 1 heterocycles. The average Bonchev–Trinajstić information content (AvgIpc) is 3.02. The number of amides is 1. The summed E-state index contributed by atoms with van der Waals surface area (Å²) < 4.78 is 0. The number of anilines is 2. The monoisotopic (exact) mass is 222 g/mol. The molecule has 1 fully saturated rings. The molecule has 0 spiro atoms. The van der Waals surface area contributed by atoms with Gasteiger partial charge in [-0.05, 0) is 25.0 Å². The first kappa shape index (κ1) is 9.04. The van der Waals surface area contributed by atoms with Gasteiger partial charge >= 0.3 is 0 Å². The summed E-state index contributed by atoms with van der Waals surface area (Å²) in [5, 5.41) is 3.45. The first-order chi connectivity index (χ1) is 7.25. The molecule has 3 rings (SSSR count). The number of hydrogen-bond donors (Lipinski definition) is 1. The minimum Gasteiger partial charge on any atom is -0.357 e. The fourth-order valence-electron chi connectivity index (χ4n) is 2.01. The van der Waals surface area contributed by atoms with Gasteiger partial charge in [-0.15, -0.1) is 0 Å². The molecule has 1 aliphatic carbocycles. The van der Waals surface area contributed by atoms with Crippen molar-refractivity contribution in [1.82, 2.24) is 0 Å². The number of fused-ring (bicyclic) bond motifs is 1. The number of carbonyl (C=O) groups excluding carboxylic acids is 1. The van der Waals surface area contributed by atoms with E-state index in [1.54, 1.807) is 6.07 Å². The van der Waals surface area contributed by atoms with Crippen LogP contribution < -0.4 is 10.2 Å². The zero-order valence-electron chi connectivity index (χ0n) is 8.16. The Morgan fingerprint density at radius 1 is 1.40 bits per heavy atom. The molecule has 1 saturated carbocycles. The van der Waals surface area contributed by atoms with E-state index in [0.29, 0.717) is 17.6 Å². The molecule has 0 bridgehead atoms. The topological polar surface area (TPSA) is 32.3 Å². The number of hydrogen-bond acceptors (Lipinski definition) is 2. The van der Waals surface area contributed by atoms with Crippen LogP contribution in [-0.2, 0) is 4.79 Å². The fourth-order valence-corrected chi connectivity index (χ4v) is 2.22. The molecule has 1 aliphatic heterocycles. The second-order valence-electron chi connectivity index (χ2n) is 4.04. The summed E-state index contributed by atoms with van der Waals surface area (Å²) in [6.45, 7) is 0.456. The molecule has 0 radical (unpaired) electrons. The van der Waals surface area contributed by atoms with E-state index in [2.05, 4.69) is 10.2 Å². The van der Waals surface area contributed by atoms with Crippen LogP contribution in [0.25, 0.3) is 0 Å². The molecular weight excluding hydrogens is 212 g/mol. The molecule has 0 saturated heterocycles. The van der Waals surface area contributed by atoms with Crippen molar-refractivity contribution in [3.63, 3.8) is 0 Å². The van der Waals surface area contributed by atoms with Crippen LogP contribution in [-0.4, -0.2) is 18.5 Å². The third-order valence-corrected chi connectivity index (χ3v) is 3.18. The van der Waals surface area contributed by atoms with Crippen LogP contribution in [0.4, 0.5) is 11.4 Å². The summed E-state index contributed by atoms with van der Waals surface area (Å²) in [7, 11) is 0. The second-order valence-corrected chi connectivity index (χ2v) is 4.45. The molecule has 1 aromatic rings. The molecular formula is C11H11ClN2O. The van der Waals surface area contributed by atoms with Gasteiger partial charge in [0.05, 0.1) is 22.9 Å². The lowest BCUT2D eigenvalue weighted by Crippen LogP contribution is -2.39. The van der Waals surface area contributed by atoms with Crippen molar-refractivity contribution < 1.29 is 4.79 Å². The average molecular weight is 223 g/mol. The highest BCUT2D eigenvalue weighted by Crippen LogP contribution is 2.40. The first-order valence-corrected chi connectivity index (χ1v) is 5.48. The predicted molar refractivity (Wildman–Crippen MR) is 60.4 cm³/mol. The van der Waals surface area contributed by atoms with E-state index in [9.17, 15) is 4.79 Å². The lowest BCUT2D eigenvalue weighted by Gasteiger charge is -2.31. The Morgan fingerprint density at radius 3 is 2.93 bits per heavy atom. The summed E-state index contributed by atoms with van der Waals surface area (Å²) in [5.74, 6) is 0.0301. The third kappa shape index (κ3) is 1.47. The maximum absolute atomic E-state index is 11.5. The van der Waals surface area contributed by atoms with Crippen molar-refractivity contribution in [2.45, 2.75) is 18.9 Å². The quantitative estimate of drug-likeness (QED) is 0.791. The third-order valence-electron chi connectivity index (χ3n) is 2.87. The Labute approximate surface area is 93.0 Å². The molecule has 1 amide bonds. The van der Waals surface area contributed by atoms with Crippen molar-refractivity contribution in [2.75, 3.05) is 16.8 Å². The van der Waals surface area contributed by atoms with Gasteiger partial charge < -0.3 is 10.2 Å². The summed E-state index contributed by atoms with van der Waals surface area (Å²) in [6.07, 6.45) is 2.36. The van der Waals surface area contributed by atoms with Crippen LogP contribution in [0.15, 0.2) is 18.2 Å². The predicted octanol–water partition coefficient (Wildman–Crippen LogP) is 2.26. The zero-order chi connectivity index (χ0) is 10.4. The smallest absolute Gasteiger partial charge is 0.244 e. The summed E-state index contributed by atoms with van der Waals surface area (Å²) in [5.41, 5.74) is 1.83. The fraction of sp³-hybridized carbons (Fsp3) is 0.364. The molecule has 15 heavy (non-hydrogen) atoms. The lowest BCUT2D eigenvalue weighted by atomic mass is 10.2. The number of halogens is 1. The van der Waals surface area contributed by atoms with Gasteiger partial charge in [0, 0.05) is 6.04 Å². The van der Waals surface area contributed by atoms with Crippen molar-refractivity contribution in [3.05, 3.63) is 23.2 Å². The highest BCUT2D eigenvalue weighted by molar-refractivity contribution is 6.34. The van der Waals surface area contributed by atoms with Gasteiger partial charge in [-0.25, -0.2) is 0 Å². The highest BCUT2D eigenvalue weighted by Gasteiger charge is 2.34. The first-order valence-electron chi connectivity index (χ1n) is 5.11. The van der Waals surface area contributed by atoms with Gasteiger partial charge in [-0.1, -0.05) is 17.7 Å². The van der Waals surface area contributed by atoms with E-state index in [1.165, 1.54) is 12.8 Å². The Bertz CT molecular complexity index is 429. The molecule has 0 unspecified atom stereocenters. The molecule has 1 N–H and O–H groups in total. The molecule has 1 aromatic carbocycles. The van der Waals surface area contributed by atoms with Gasteiger partial charge in [0.15, 0.2) is 0 Å². The van der Waals surface area contributed by atoms with Crippen molar-refractivity contribution in [1.29, 1.82) is 0 Å². The molecule has 4 heteroatoms. The number of nitrogens with one attached hydrogen (secondary N) is 1. The Morgan fingerprint density at radius 2 is 2.20 bits per heavy atom. The maximum Gasteiger partial charge on any atom is 0.244 e. The maximum atomic E-state index is 11.5. The van der Waals surface area contributed by atoms with Gasteiger partial charge in [0.2, 0.25) is 5.91 Å². The lowest BCUT2D eigenvalue weighted by molar-refractivity contribution is -0.115. The SMILES string of the molecule is O=C1CN(C2CC2)c2cccc(Cl)c2N1. The molecule has 2 aliphatic rings. The largest absolute Gasteiger partial charge is 0.357 e. The van der Waals surface area contributed by atoms with Crippen LogP contribution in [0.3, 0.4) is 0 Å². The van der Waals surface area contributed by atoms with E-state index in [4.69, 9.17) is 11.6 Å². The van der Waals surface area contributed by atoms with Crippen LogP contribution in [0.5, 0.6) is 0 Å². The van der Waals surface area contributed by atoms with Crippen LogP contribution in [0.2, 0.25) is 5.02 Å².